The molecule has 192 valence electrons. The van der Waals surface area contributed by atoms with E-state index in [0.717, 1.165) is 56.6 Å². The number of rotatable bonds is 12. The fourth-order valence-electron chi connectivity index (χ4n) is 4.04. The Hall–Kier alpha value is -1.79. The second-order valence-electron chi connectivity index (χ2n) is 9.22. The Labute approximate surface area is 202 Å². The smallest absolute Gasteiger partial charge is 0.251 e. The molecule has 0 bridgehead atoms. The van der Waals surface area contributed by atoms with Crippen LogP contribution < -0.4 is 10.1 Å². The number of piperidine rings is 1. The van der Waals surface area contributed by atoms with Gasteiger partial charge in [0.15, 0.2) is 0 Å². The van der Waals surface area contributed by atoms with Gasteiger partial charge in [-0.25, -0.2) is 4.84 Å². The van der Waals surface area contributed by atoms with Crippen LogP contribution >= 0.6 is 0 Å². The molecule has 1 aromatic rings. The summed E-state index contributed by atoms with van der Waals surface area (Å²) in [6, 6.07) is 5.22. The Bertz CT molecular complexity index is 774. The monoisotopic (exact) mass is 480 g/mol. The number of hydrazine groups is 1. The molecule has 2 atom stereocenters. The average Bonchev–Trinajstić information content (AvgIpc) is 3.30. The van der Waals surface area contributed by atoms with Gasteiger partial charge in [0.1, 0.15) is 5.75 Å². The van der Waals surface area contributed by atoms with Crippen molar-refractivity contribution in [2.75, 3.05) is 46.4 Å². The minimum Gasteiger partial charge on any atom is -0.494 e. The summed E-state index contributed by atoms with van der Waals surface area (Å²) in [6.45, 7) is 9.60. The molecule has 10 nitrogen and oxygen atoms in total. The number of likely N-dealkylation sites (N-methyl/N-ethyl adjacent to an activating group) is 1. The number of aliphatic hydroxyl groups excluding tert-OH is 1. The number of hydrogen-bond donors (Lipinski definition) is 2. The highest BCUT2D eigenvalue weighted by molar-refractivity contribution is 5.95. The Kier molecular flexibility index (Phi) is 10.5. The number of carbonyl (C=O) groups excluding carboxylic acids is 1. The van der Waals surface area contributed by atoms with Gasteiger partial charge in [-0.3, -0.25) is 4.79 Å². The Morgan fingerprint density at radius 2 is 2.12 bits per heavy atom. The van der Waals surface area contributed by atoms with Gasteiger partial charge in [-0.2, -0.15) is 9.90 Å². The van der Waals surface area contributed by atoms with Crippen LogP contribution in [-0.4, -0.2) is 85.0 Å². The molecule has 3 rings (SSSR count). The van der Waals surface area contributed by atoms with Crippen LogP contribution in [0.1, 0.15) is 55.5 Å². The molecule has 2 saturated heterocycles. The van der Waals surface area contributed by atoms with E-state index in [1.54, 1.807) is 13.0 Å². The fraction of sp³-hybridized carbons (Fsp3) is 0.708. The molecule has 2 heterocycles. The van der Waals surface area contributed by atoms with Crippen molar-refractivity contribution in [3.63, 3.8) is 0 Å². The van der Waals surface area contributed by atoms with Crippen molar-refractivity contribution in [2.45, 2.75) is 58.8 Å². The third kappa shape index (κ3) is 7.88. The number of ether oxygens (including phenoxy) is 1. The maximum atomic E-state index is 12.3. The van der Waals surface area contributed by atoms with Crippen LogP contribution in [-0.2, 0) is 14.7 Å². The lowest BCUT2D eigenvalue weighted by Gasteiger charge is -2.33. The van der Waals surface area contributed by atoms with Crippen LogP contribution in [0.5, 0.6) is 5.75 Å². The molecule has 1 aromatic carbocycles. The van der Waals surface area contributed by atoms with E-state index in [1.165, 1.54) is 5.34 Å². The predicted octanol–water partition coefficient (Wildman–Crippen LogP) is 2.28. The lowest BCUT2D eigenvalue weighted by molar-refractivity contribution is -0.487. The average molecular weight is 481 g/mol. The van der Waals surface area contributed by atoms with E-state index in [9.17, 15) is 4.79 Å². The van der Waals surface area contributed by atoms with E-state index < -0.39 is 6.29 Å². The third-order valence-electron chi connectivity index (χ3n) is 6.36. The van der Waals surface area contributed by atoms with E-state index in [0.29, 0.717) is 24.6 Å². The van der Waals surface area contributed by atoms with Crippen LogP contribution in [0.15, 0.2) is 18.2 Å². The summed E-state index contributed by atoms with van der Waals surface area (Å²) in [7, 11) is 2.01. The van der Waals surface area contributed by atoms with Gasteiger partial charge in [-0.1, -0.05) is 11.9 Å². The van der Waals surface area contributed by atoms with Gasteiger partial charge in [0.2, 0.25) is 6.29 Å². The van der Waals surface area contributed by atoms with Gasteiger partial charge in [0, 0.05) is 30.0 Å². The molecule has 2 unspecified atom stereocenters. The molecule has 0 aromatic heterocycles. The van der Waals surface area contributed by atoms with Gasteiger partial charge in [-0.05, 0) is 82.8 Å². The molecular weight excluding hydrogens is 440 g/mol. The molecule has 0 radical (unpaired) electrons. The zero-order valence-electron chi connectivity index (χ0n) is 20.9. The Morgan fingerprint density at radius 1 is 1.35 bits per heavy atom. The second-order valence-corrected chi connectivity index (χ2v) is 9.22. The molecule has 2 N–H and O–H groups in total. The number of nitrogens with one attached hydrogen (secondary N) is 1. The van der Waals surface area contributed by atoms with E-state index in [-0.39, 0.29) is 18.6 Å². The number of aryl methyl sites for hydroxylation is 1. The van der Waals surface area contributed by atoms with Gasteiger partial charge < -0.3 is 20.1 Å². The molecule has 2 fully saturated rings. The first-order valence-corrected chi connectivity index (χ1v) is 12.3. The summed E-state index contributed by atoms with van der Waals surface area (Å²) in [5.74, 6) is 1.23. The summed E-state index contributed by atoms with van der Waals surface area (Å²) in [4.78, 5) is 30.6. The number of carbonyl (C=O) groups is 1. The van der Waals surface area contributed by atoms with Crippen molar-refractivity contribution in [3.05, 3.63) is 29.3 Å². The Morgan fingerprint density at radius 3 is 2.79 bits per heavy atom. The van der Waals surface area contributed by atoms with Gasteiger partial charge >= 0.3 is 0 Å². The first-order valence-electron chi connectivity index (χ1n) is 12.3. The van der Waals surface area contributed by atoms with E-state index >= 15 is 0 Å². The van der Waals surface area contributed by atoms with Gasteiger partial charge in [0.25, 0.3) is 5.91 Å². The van der Waals surface area contributed by atoms with Crippen molar-refractivity contribution in [3.8, 4) is 5.75 Å². The molecule has 34 heavy (non-hydrogen) atoms. The highest BCUT2D eigenvalue weighted by atomic mass is 17.4. The predicted molar refractivity (Wildman–Crippen MR) is 126 cm³/mol. The first-order chi connectivity index (χ1) is 16.4. The maximum Gasteiger partial charge on any atom is 0.251 e. The van der Waals surface area contributed by atoms with Crippen molar-refractivity contribution in [1.29, 1.82) is 0 Å². The molecule has 0 saturated carbocycles. The summed E-state index contributed by atoms with van der Waals surface area (Å²) in [5.41, 5.74) is 1.45. The molecule has 2 aliphatic rings. The van der Waals surface area contributed by atoms with Crippen LogP contribution in [0, 0.1) is 12.8 Å². The first kappa shape index (κ1) is 26.8. The highest BCUT2D eigenvalue weighted by Crippen LogP contribution is 2.26. The van der Waals surface area contributed by atoms with Gasteiger partial charge in [0.05, 0.1) is 19.8 Å². The van der Waals surface area contributed by atoms with Crippen molar-refractivity contribution in [2.24, 2.45) is 5.92 Å². The SMILES string of the molecule is CCN(C)CC1OON(N2CCC(CCCOc3ccc(C(=O)NC(C)CO)c(C)c3)CC2)O1. The van der Waals surface area contributed by atoms with Crippen molar-refractivity contribution in [1.82, 2.24) is 20.6 Å². The zero-order chi connectivity index (χ0) is 24.5. The number of benzene rings is 1. The third-order valence-corrected chi connectivity index (χ3v) is 6.36. The minimum atomic E-state index is -0.406. The van der Waals surface area contributed by atoms with Crippen LogP contribution in [0.4, 0.5) is 0 Å². The topological polar surface area (TPSA) is 96.0 Å². The highest BCUT2D eigenvalue weighted by Gasteiger charge is 2.34. The standard InChI is InChI=1S/C24H40N4O6/c1-5-26(4)16-23-32-28(34-33-23)27-12-10-20(11-13-27)7-6-14-31-21-8-9-22(18(2)15-21)24(30)25-19(3)17-29/h8-9,15,19-20,23,29H,5-7,10-14,16-17H2,1-4H3,(H,25,30). The maximum absolute atomic E-state index is 12.3. The normalized spacial score (nSPS) is 21.2. The number of nitrogens with zero attached hydrogens (tertiary/aromatic N) is 3. The largest absolute Gasteiger partial charge is 0.494 e. The van der Waals surface area contributed by atoms with Crippen molar-refractivity contribution < 1.29 is 29.4 Å². The summed E-state index contributed by atoms with van der Waals surface area (Å²) in [6.07, 6.45) is 3.81. The molecular formula is C24H40N4O6. The number of hydrogen-bond acceptors (Lipinski definition) is 9. The molecule has 2 aliphatic heterocycles. The quantitative estimate of drug-likeness (QED) is 0.345. The number of aliphatic hydroxyl groups is 1. The molecule has 10 heteroatoms. The minimum absolute atomic E-state index is 0.0867. The second kappa shape index (κ2) is 13.3. The lowest BCUT2D eigenvalue weighted by Crippen LogP contribution is -2.45. The fourth-order valence-corrected chi connectivity index (χ4v) is 4.04. The van der Waals surface area contributed by atoms with Crippen LogP contribution in [0.25, 0.3) is 0 Å². The summed E-state index contributed by atoms with van der Waals surface area (Å²) < 4.78 is 5.92. The molecule has 0 aliphatic carbocycles. The lowest BCUT2D eigenvalue weighted by atomic mass is 9.93. The van der Waals surface area contributed by atoms with Crippen LogP contribution in [0.3, 0.4) is 0 Å². The molecule has 1 amide bonds. The van der Waals surface area contributed by atoms with Crippen LogP contribution in [0.2, 0.25) is 0 Å². The summed E-state index contributed by atoms with van der Waals surface area (Å²) >= 11 is 0. The van der Waals surface area contributed by atoms with E-state index in [2.05, 4.69) is 17.1 Å². The molecule has 0 spiro atoms. The van der Waals surface area contributed by atoms with E-state index in [1.807, 2.05) is 31.1 Å². The van der Waals surface area contributed by atoms with Crippen molar-refractivity contribution >= 4 is 5.91 Å². The Balaban J connectivity index is 1.32. The number of amides is 1. The van der Waals surface area contributed by atoms with E-state index in [4.69, 9.17) is 24.6 Å². The van der Waals surface area contributed by atoms with Gasteiger partial charge in [-0.15, -0.1) is 0 Å². The zero-order valence-corrected chi connectivity index (χ0v) is 20.9. The summed E-state index contributed by atoms with van der Waals surface area (Å²) in [5, 5.41) is 15.3.